The molecule has 2 N–H and O–H groups in total. The molecule has 0 atom stereocenters. The van der Waals surface area contributed by atoms with Crippen molar-refractivity contribution in [3.05, 3.63) is 84.7 Å². The molecule has 5 rings (SSSR count). The van der Waals surface area contributed by atoms with Crippen molar-refractivity contribution in [2.24, 2.45) is 0 Å². The number of anilines is 1. The van der Waals surface area contributed by atoms with Gasteiger partial charge in [0, 0.05) is 47.8 Å². The summed E-state index contributed by atoms with van der Waals surface area (Å²) in [6.45, 7) is 10.7. The molecule has 7 nitrogen and oxygen atoms in total. The topological polar surface area (TPSA) is 94.7 Å². The Morgan fingerprint density at radius 2 is 2.03 bits per heavy atom. The third-order valence-corrected chi connectivity index (χ3v) is 5.45. The van der Waals surface area contributed by atoms with Crippen LogP contribution in [0.4, 0.5) is 5.82 Å². The second kappa shape index (κ2) is 10.0. The predicted molar refractivity (Wildman–Crippen MR) is 137 cm³/mol. The zero-order valence-electron chi connectivity index (χ0n) is 19.6. The maximum Gasteiger partial charge on any atom is 0.180 e. The highest BCUT2D eigenvalue weighted by Gasteiger charge is 2.14. The Hall–Kier alpha value is -4.44. The van der Waals surface area contributed by atoms with Crippen LogP contribution in [-0.4, -0.2) is 30.9 Å². The molecule has 0 unspecified atom stereocenters. The first-order valence-corrected chi connectivity index (χ1v) is 11.3. The lowest BCUT2D eigenvalue weighted by molar-refractivity contribution is 1.00. The van der Waals surface area contributed by atoms with E-state index in [9.17, 15) is 5.26 Å². The highest BCUT2D eigenvalue weighted by molar-refractivity contribution is 5.83. The van der Waals surface area contributed by atoms with E-state index >= 15 is 0 Å². The van der Waals surface area contributed by atoms with Gasteiger partial charge in [0.1, 0.15) is 6.07 Å². The lowest BCUT2D eigenvalue weighted by atomic mass is 10.1. The molecule has 0 fully saturated rings. The number of fused-ring (bicyclic) bond motifs is 2. The molecule has 0 saturated carbocycles. The van der Waals surface area contributed by atoms with Crippen molar-refractivity contribution in [3.8, 4) is 17.3 Å². The number of benzene rings is 1. The molecule has 0 radical (unpaired) electrons. The number of rotatable bonds is 6. The summed E-state index contributed by atoms with van der Waals surface area (Å²) < 4.78 is 1.98. The first-order chi connectivity index (χ1) is 16.6. The average molecular weight is 450 g/mol. The number of aromatic amines is 1. The highest BCUT2D eigenvalue weighted by atomic mass is 15.1. The van der Waals surface area contributed by atoms with E-state index in [1.54, 1.807) is 24.7 Å². The number of allylic oxidation sites excluding steroid dienone is 1. The molecule has 0 aliphatic heterocycles. The van der Waals surface area contributed by atoms with Crippen LogP contribution in [0.25, 0.3) is 33.4 Å². The van der Waals surface area contributed by atoms with Gasteiger partial charge in [0.2, 0.25) is 0 Å². The number of aromatic nitrogens is 5. The van der Waals surface area contributed by atoms with Crippen molar-refractivity contribution < 1.29 is 0 Å². The van der Waals surface area contributed by atoms with Crippen LogP contribution in [0.5, 0.6) is 0 Å². The van der Waals surface area contributed by atoms with Crippen molar-refractivity contribution >= 4 is 27.9 Å². The minimum absolute atomic E-state index is 0.490. The van der Waals surface area contributed by atoms with Gasteiger partial charge in [0.25, 0.3) is 0 Å². The average Bonchev–Trinajstić information content (AvgIpc) is 3.50. The molecule has 0 aliphatic carbocycles. The van der Waals surface area contributed by atoms with E-state index < -0.39 is 0 Å². The minimum atomic E-state index is 0.490. The molecular formula is C27H27N7. The van der Waals surface area contributed by atoms with Gasteiger partial charge in [-0.25, -0.2) is 9.97 Å². The van der Waals surface area contributed by atoms with Crippen LogP contribution in [0.15, 0.2) is 67.9 Å². The lowest BCUT2D eigenvalue weighted by Crippen LogP contribution is -2.09. The number of hydrogen-bond acceptors (Lipinski definition) is 5. The molecule has 1 aromatic carbocycles. The van der Waals surface area contributed by atoms with Crippen molar-refractivity contribution in [2.45, 2.75) is 27.2 Å². The zero-order chi connectivity index (χ0) is 24.1. The van der Waals surface area contributed by atoms with Crippen molar-refractivity contribution in [1.29, 1.82) is 5.26 Å². The lowest BCUT2D eigenvalue weighted by Gasteiger charge is -2.11. The molecule has 34 heavy (non-hydrogen) atoms. The second-order valence-corrected chi connectivity index (χ2v) is 7.70. The third-order valence-electron chi connectivity index (χ3n) is 5.45. The smallest absolute Gasteiger partial charge is 0.180 e. The highest BCUT2D eigenvalue weighted by Crippen LogP contribution is 2.26. The van der Waals surface area contributed by atoms with Gasteiger partial charge < -0.3 is 10.3 Å². The van der Waals surface area contributed by atoms with Crippen molar-refractivity contribution in [3.63, 3.8) is 0 Å². The van der Waals surface area contributed by atoms with Crippen LogP contribution in [0.2, 0.25) is 0 Å². The van der Waals surface area contributed by atoms with Crippen molar-refractivity contribution in [1.82, 2.24) is 24.3 Å². The summed E-state index contributed by atoms with van der Waals surface area (Å²) in [6.07, 6.45) is 9.86. The van der Waals surface area contributed by atoms with E-state index in [2.05, 4.69) is 57.3 Å². The molecule has 5 aromatic rings. The largest absolute Gasteiger partial charge is 0.367 e. The quantitative estimate of drug-likeness (QED) is 0.339. The summed E-state index contributed by atoms with van der Waals surface area (Å²) in [7, 11) is 0. The Morgan fingerprint density at radius 1 is 1.21 bits per heavy atom. The predicted octanol–water partition coefficient (Wildman–Crippen LogP) is 5.86. The standard InChI is InChI=1S/C25H21N7.C2H6/c1-16(2)23-14-30-25-24(28-8-7-18-13-29-21-6-4-3-5-20(18)21)31-22(15-32(23)25)19-9-17(10-26)11-27-12-19;1-2/h3-6,9,11-15,29H,1,7-8H2,2H3,(H,28,31);1-2H3. The Balaban J connectivity index is 0.00000133. The fourth-order valence-corrected chi connectivity index (χ4v) is 3.86. The van der Waals surface area contributed by atoms with E-state index in [0.29, 0.717) is 23.6 Å². The molecule has 0 amide bonds. The first-order valence-electron chi connectivity index (χ1n) is 11.3. The first kappa shape index (κ1) is 22.7. The van der Waals surface area contributed by atoms with Gasteiger partial charge in [-0.05, 0) is 36.6 Å². The summed E-state index contributed by atoms with van der Waals surface area (Å²) in [5.41, 5.74) is 6.89. The number of hydrogen-bond donors (Lipinski definition) is 2. The van der Waals surface area contributed by atoms with Gasteiger partial charge in [0.05, 0.1) is 23.1 Å². The molecule has 170 valence electrons. The number of H-pyrrole nitrogens is 1. The fraction of sp³-hybridized carbons (Fsp3) is 0.185. The Kier molecular flexibility index (Phi) is 6.69. The van der Waals surface area contributed by atoms with Crippen LogP contribution >= 0.6 is 0 Å². The SMILES string of the molecule is C=C(C)c1cnc2c(NCCc3c[nH]c4ccccc34)nc(-c3cncc(C#N)c3)cn12.CC. The molecule has 0 spiro atoms. The monoisotopic (exact) mass is 449 g/mol. The summed E-state index contributed by atoms with van der Waals surface area (Å²) in [5, 5.41) is 13.9. The number of nitrogens with one attached hydrogen (secondary N) is 2. The van der Waals surface area contributed by atoms with Gasteiger partial charge in [-0.1, -0.05) is 38.6 Å². The number of para-hydroxylation sites is 1. The van der Waals surface area contributed by atoms with E-state index in [1.165, 1.54) is 10.9 Å². The van der Waals surface area contributed by atoms with Gasteiger partial charge in [0.15, 0.2) is 11.5 Å². The molecule has 0 saturated heterocycles. The second-order valence-electron chi connectivity index (χ2n) is 7.70. The Labute approximate surface area is 198 Å². The maximum atomic E-state index is 9.25. The van der Waals surface area contributed by atoms with Gasteiger partial charge in [-0.2, -0.15) is 5.26 Å². The van der Waals surface area contributed by atoms with Crippen LogP contribution in [0, 0.1) is 11.3 Å². The van der Waals surface area contributed by atoms with E-state index in [4.69, 9.17) is 4.98 Å². The molecular weight excluding hydrogens is 422 g/mol. The number of nitrogens with zero attached hydrogens (tertiary/aromatic N) is 5. The zero-order valence-corrected chi connectivity index (χ0v) is 19.6. The molecule has 0 bridgehead atoms. The number of imidazole rings is 1. The van der Waals surface area contributed by atoms with Gasteiger partial charge >= 0.3 is 0 Å². The summed E-state index contributed by atoms with van der Waals surface area (Å²) >= 11 is 0. The Morgan fingerprint density at radius 3 is 2.82 bits per heavy atom. The fourth-order valence-electron chi connectivity index (χ4n) is 3.86. The van der Waals surface area contributed by atoms with Gasteiger partial charge in [-0.15, -0.1) is 0 Å². The van der Waals surface area contributed by atoms with Crippen LogP contribution in [-0.2, 0) is 6.42 Å². The Bertz CT molecular complexity index is 1500. The molecule has 7 heteroatoms. The summed E-state index contributed by atoms with van der Waals surface area (Å²) in [4.78, 5) is 16.9. The maximum absolute atomic E-state index is 9.25. The van der Waals surface area contributed by atoms with Crippen molar-refractivity contribution in [2.75, 3.05) is 11.9 Å². The number of nitriles is 1. The van der Waals surface area contributed by atoms with Gasteiger partial charge in [-0.3, -0.25) is 9.38 Å². The molecule has 4 heterocycles. The van der Waals surface area contributed by atoms with Crippen LogP contribution in [0.3, 0.4) is 0 Å². The van der Waals surface area contributed by atoms with E-state index in [1.807, 2.05) is 37.4 Å². The van der Waals surface area contributed by atoms with Crippen LogP contribution < -0.4 is 5.32 Å². The number of pyridine rings is 1. The third kappa shape index (κ3) is 4.39. The van der Waals surface area contributed by atoms with E-state index in [0.717, 1.165) is 34.4 Å². The normalized spacial score (nSPS) is 10.5. The summed E-state index contributed by atoms with van der Waals surface area (Å²) in [6, 6.07) is 12.2. The van der Waals surface area contributed by atoms with Crippen LogP contribution in [0.1, 0.15) is 37.6 Å². The summed E-state index contributed by atoms with van der Waals surface area (Å²) in [5.74, 6) is 0.678. The molecule has 0 aliphatic rings. The van der Waals surface area contributed by atoms with E-state index in [-0.39, 0.29) is 0 Å². The minimum Gasteiger partial charge on any atom is -0.367 e. The molecule has 4 aromatic heterocycles.